The number of aromatic nitrogens is 1. The van der Waals surface area contributed by atoms with Crippen molar-refractivity contribution < 1.29 is 4.52 Å². The summed E-state index contributed by atoms with van der Waals surface area (Å²) in [5.41, 5.74) is 10.4. The van der Waals surface area contributed by atoms with Gasteiger partial charge < -0.3 is 10.3 Å². The van der Waals surface area contributed by atoms with Gasteiger partial charge in [-0.3, -0.25) is 0 Å². The fraction of sp³-hybridized carbons (Fsp3) is 0.308. The first-order valence-electron chi connectivity index (χ1n) is 5.57. The van der Waals surface area contributed by atoms with Crippen molar-refractivity contribution in [2.75, 3.05) is 0 Å². The molecule has 16 heavy (non-hydrogen) atoms. The molecule has 0 amide bonds. The molecule has 82 valence electrons. The summed E-state index contributed by atoms with van der Waals surface area (Å²) in [7, 11) is 0. The summed E-state index contributed by atoms with van der Waals surface area (Å²) in [4.78, 5) is 0. The van der Waals surface area contributed by atoms with Gasteiger partial charge in [0.25, 0.3) is 0 Å². The lowest BCUT2D eigenvalue weighted by atomic mass is 10.0. The zero-order valence-electron chi connectivity index (χ0n) is 9.23. The number of nitrogens with two attached hydrogens (primary N) is 1. The predicted octanol–water partition coefficient (Wildman–Crippen LogP) is 2.60. The summed E-state index contributed by atoms with van der Waals surface area (Å²) in [5, 5.41) is 4.16. The molecule has 0 saturated heterocycles. The highest BCUT2D eigenvalue weighted by atomic mass is 16.5. The second-order valence-electron chi connectivity index (χ2n) is 4.33. The van der Waals surface area contributed by atoms with Crippen LogP contribution in [0, 0.1) is 6.92 Å². The quantitative estimate of drug-likeness (QED) is 0.793. The highest BCUT2D eigenvalue weighted by Gasteiger charge is 2.28. The second-order valence-corrected chi connectivity index (χ2v) is 4.33. The van der Waals surface area contributed by atoms with Crippen LogP contribution in [0.25, 0.3) is 11.3 Å². The maximum atomic E-state index is 6.08. The van der Waals surface area contributed by atoms with Crippen LogP contribution in [0.15, 0.2) is 28.8 Å². The molecular weight excluding hydrogens is 200 g/mol. The van der Waals surface area contributed by atoms with E-state index in [0.717, 1.165) is 35.4 Å². The van der Waals surface area contributed by atoms with Crippen LogP contribution in [0.5, 0.6) is 0 Å². The predicted molar refractivity (Wildman–Crippen MR) is 61.9 cm³/mol. The Kier molecular flexibility index (Phi) is 2.07. The van der Waals surface area contributed by atoms with E-state index in [9.17, 15) is 0 Å². The third-order valence-corrected chi connectivity index (χ3v) is 3.26. The Morgan fingerprint density at radius 2 is 2.19 bits per heavy atom. The molecule has 1 aliphatic rings. The smallest absolute Gasteiger partial charge is 0.142 e. The third-order valence-electron chi connectivity index (χ3n) is 3.26. The summed E-state index contributed by atoms with van der Waals surface area (Å²) in [5.74, 6) is 0.964. The molecule has 1 atom stereocenters. The number of rotatable bonds is 1. The molecule has 3 heteroatoms. The average Bonchev–Trinajstić information content (AvgIpc) is 2.83. The van der Waals surface area contributed by atoms with E-state index >= 15 is 0 Å². The van der Waals surface area contributed by atoms with Gasteiger partial charge in [-0.05, 0) is 18.9 Å². The summed E-state index contributed by atoms with van der Waals surface area (Å²) in [6.07, 6.45) is 1.88. The van der Waals surface area contributed by atoms with Crippen LogP contribution in [0.1, 0.15) is 29.3 Å². The SMILES string of the molecule is Cc1ccccc1-c1noc2c1C(N)CC2. The zero-order valence-corrected chi connectivity index (χ0v) is 9.23. The van der Waals surface area contributed by atoms with Gasteiger partial charge in [-0.15, -0.1) is 0 Å². The van der Waals surface area contributed by atoms with Crippen molar-refractivity contribution in [1.29, 1.82) is 0 Å². The van der Waals surface area contributed by atoms with E-state index in [2.05, 4.69) is 24.2 Å². The van der Waals surface area contributed by atoms with Crippen LogP contribution in [-0.4, -0.2) is 5.16 Å². The van der Waals surface area contributed by atoms with Crippen molar-refractivity contribution in [2.45, 2.75) is 25.8 Å². The van der Waals surface area contributed by atoms with Crippen molar-refractivity contribution in [3.8, 4) is 11.3 Å². The van der Waals surface area contributed by atoms with Crippen LogP contribution in [0.2, 0.25) is 0 Å². The number of aryl methyl sites for hydroxylation is 2. The molecule has 3 nitrogen and oxygen atoms in total. The molecule has 0 spiro atoms. The van der Waals surface area contributed by atoms with Gasteiger partial charge in [-0.1, -0.05) is 29.4 Å². The maximum Gasteiger partial charge on any atom is 0.142 e. The molecule has 3 rings (SSSR count). The normalized spacial score (nSPS) is 18.8. The molecule has 1 unspecified atom stereocenters. The first-order valence-corrected chi connectivity index (χ1v) is 5.57. The Morgan fingerprint density at radius 3 is 3.00 bits per heavy atom. The Bertz CT molecular complexity index is 530. The van der Waals surface area contributed by atoms with Crippen molar-refractivity contribution in [2.24, 2.45) is 5.73 Å². The second kappa shape index (κ2) is 3.46. The van der Waals surface area contributed by atoms with Crippen LogP contribution >= 0.6 is 0 Å². The highest BCUT2D eigenvalue weighted by Crippen LogP contribution is 2.37. The minimum Gasteiger partial charge on any atom is -0.360 e. The lowest BCUT2D eigenvalue weighted by molar-refractivity contribution is 0.388. The fourth-order valence-corrected chi connectivity index (χ4v) is 2.36. The minimum absolute atomic E-state index is 0.0795. The van der Waals surface area contributed by atoms with Gasteiger partial charge in [0.15, 0.2) is 0 Å². The number of fused-ring (bicyclic) bond motifs is 1. The highest BCUT2D eigenvalue weighted by molar-refractivity contribution is 5.68. The molecule has 0 saturated carbocycles. The van der Waals surface area contributed by atoms with E-state index in [1.54, 1.807) is 0 Å². The summed E-state index contributed by atoms with van der Waals surface area (Å²) in [6, 6.07) is 8.27. The van der Waals surface area contributed by atoms with Crippen molar-refractivity contribution in [1.82, 2.24) is 5.16 Å². The van der Waals surface area contributed by atoms with E-state index in [0.29, 0.717) is 0 Å². The van der Waals surface area contributed by atoms with Crippen molar-refractivity contribution in [3.63, 3.8) is 0 Å². The topological polar surface area (TPSA) is 52.0 Å². The summed E-state index contributed by atoms with van der Waals surface area (Å²) >= 11 is 0. The van der Waals surface area contributed by atoms with Crippen LogP contribution in [-0.2, 0) is 6.42 Å². The zero-order chi connectivity index (χ0) is 11.1. The first-order chi connectivity index (χ1) is 7.77. The van der Waals surface area contributed by atoms with Crippen LogP contribution in [0.4, 0.5) is 0 Å². The molecule has 1 aromatic heterocycles. The summed E-state index contributed by atoms with van der Waals surface area (Å²) in [6.45, 7) is 2.08. The molecule has 0 bridgehead atoms. The maximum absolute atomic E-state index is 6.08. The minimum atomic E-state index is 0.0795. The fourth-order valence-electron chi connectivity index (χ4n) is 2.36. The lowest BCUT2D eigenvalue weighted by Crippen LogP contribution is -2.06. The Labute approximate surface area is 94.2 Å². The van der Waals surface area contributed by atoms with Gasteiger partial charge in [0, 0.05) is 23.6 Å². The molecule has 0 fully saturated rings. The van der Waals surface area contributed by atoms with Crippen molar-refractivity contribution in [3.05, 3.63) is 41.2 Å². The van der Waals surface area contributed by atoms with Gasteiger partial charge in [0.05, 0.1) is 0 Å². The van der Waals surface area contributed by atoms with E-state index in [1.165, 1.54) is 5.56 Å². The van der Waals surface area contributed by atoms with Crippen LogP contribution in [0.3, 0.4) is 0 Å². The van der Waals surface area contributed by atoms with E-state index in [-0.39, 0.29) is 6.04 Å². The molecular formula is C13H14N2O. The third kappa shape index (κ3) is 1.28. The monoisotopic (exact) mass is 214 g/mol. The largest absolute Gasteiger partial charge is 0.360 e. The number of nitrogens with zero attached hydrogens (tertiary/aromatic N) is 1. The van der Waals surface area contributed by atoms with Crippen molar-refractivity contribution >= 4 is 0 Å². The van der Waals surface area contributed by atoms with E-state index in [4.69, 9.17) is 10.3 Å². The Hall–Kier alpha value is -1.61. The molecule has 0 aliphatic heterocycles. The first kappa shape index (κ1) is 9.60. The molecule has 2 aromatic rings. The Balaban J connectivity index is 2.19. The molecule has 1 aromatic carbocycles. The molecule has 0 radical (unpaired) electrons. The van der Waals surface area contributed by atoms with E-state index < -0.39 is 0 Å². The van der Waals surface area contributed by atoms with E-state index in [1.807, 2.05) is 12.1 Å². The lowest BCUT2D eigenvalue weighted by Gasteiger charge is -2.06. The van der Waals surface area contributed by atoms with Gasteiger partial charge in [0.2, 0.25) is 0 Å². The van der Waals surface area contributed by atoms with Gasteiger partial charge in [-0.2, -0.15) is 0 Å². The molecule has 1 heterocycles. The number of hydrogen-bond acceptors (Lipinski definition) is 3. The average molecular weight is 214 g/mol. The standard InChI is InChI=1S/C13H14N2O/c1-8-4-2-3-5-9(8)13-12-10(14)6-7-11(12)16-15-13/h2-5,10H,6-7,14H2,1H3. The molecule has 1 aliphatic carbocycles. The van der Waals surface area contributed by atoms with Crippen LogP contribution < -0.4 is 5.73 Å². The number of hydrogen-bond donors (Lipinski definition) is 1. The van der Waals surface area contributed by atoms with Gasteiger partial charge >= 0.3 is 0 Å². The van der Waals surface area contributed by atoms with Gasteiger partial charge in [-0.25, -0.2) is 0 Å². The number of benzene rings is 1. The molecule has 2 N–H and O–H groups in total. The Morgan fingerprint density at radius 1 is 1.38 bits per heavy atom. The summed E-state index contributed by atoms with van der Waals surface area (Å²) < 4.78 is 5.36. The van der Waals surface area contributed by atoms with Gasteiger partial charge in [0.1, 0.15) is 11.5 Å².